The molecule has 1 amide bonds. The first kappa shape index (κ1) is 23.8. The average Bonchev–Trinajstić information content (AvgIpc) is 3.27. The molecule has 196 valence electrons. The number of nitrogens with one attached hydrogen (secondary N) is 1. The summed E-state index contributed by atoms with van der Waals surface area (Å²) in [5.41, 5.74) is 2.08. The highest BCUT2D eigenvalue weighted by Crippen LogP contribution is 2.60. The number of carbonyl (C=O) groups is 1. The van der Waals surface area contributed by atoms with Gasteiger partial charge in [-0.2, -0.15) is 0 Å². The van der Waals surface area contributed by atoms with Gasteiger partial charge in [0.2, 0.25) is 5.91 Å². The highest BCUT2D eigenvalue weighted by atomic mass is 16.5. The van der Waals surface area contributed by atoms with Gasteiger partial charge >= 0.3 is 0 Å². The number of fused-ring (bicyclic) bond motifs is 2. The molecule has 4 bridgehead atoms. The largest absolute Gasteiger partial charge is 0.493 e. The molecule has 0 saturated heterocycles. The van der Waals surface area contributed by atoms with Gasteiger partial charge < -0.3 is 14.6 Å². The minimum atomic E-state index is -0.0894. The first-order chi connectivity index (χ1) is 18.7. The Bertz CT molecular complexity index is 1430. The van der Waals surface area contributed by atoms with E-state index >= 15 is 0 Å². The van der Waals surface area contributed by atoms with Gasteiger partial charge in [0.05, 0.1) is 17.6 Å². The molecule has 38 heavy (non-hydrogen) atoms. The zero-order valence-corrected chi connectivity index (χ0v) is 22.1. The number of ether oxygens (including phenoxy) is 1. The Labute approximate surface area is 224 Å². The van der Waals surface area contributed by atoms with Crippen molar-refractivity contribution in [1.29, 1.82) is 0 Å². The summed E-state index contributed by atoms with van der Waals surface area (Å²) >= 11 is 0. The second-order valence-corrected chi connectivity index (χ2v) is 12.1. The maximum atomic E-state index is 13.4. The average molecular weight is 508 g/mol. The number of nitrogens with zero attached hydrogens (tertiary/aromatic N) is 2. The van der Waals surface area contributed by atoms with E-state index in [1.807, 2.05) is 12.1 Å². The fourth-order valence-electron chi connectivity index (χ4n) is 8.16. The molecule has 1 heterocycles. The molecule has 4 fully saturated rings. The van der Waals surface area contributed by atoms with E-state index in [9.17, 15) is 4.79 Å². The van der Waals surface area contributed by atoms with E-state index in [0.29, 0.717) is 19.1 Å². The lowest BCUT2D eigenvalue weighted by Crippen LogP contribution is -2.53. The van der Waals surface area contributed by atoms with Gasteiger partial charge in [-0.05, 0) is 86.3 Å². The van der Waals surface area contributed by atoms with Crippen LogP contribution < -0.4 is 10.1 Å². The van der Waals surface area contributed by atoms with Crippen LogP contribution in [0.25, 0.3) is 21.8 Å². The fourth-order valence-corrected chi connectivity index (χ4v) is 8.16. The van der Waals surface area contributed by atoms with Crippen LogP contribution in [0.3, 0.4) is 0 Å². The van der Waals surface area contributed by atoms with Crippen LogP contribution in [0.1, 0.15) is 50.8 Å². The summed E-state index contributed by atoms with van der Waals surface area (Å²) in [6.45, 7) is 2.13. The summed E-state index contributed by atoms with van der Waals surface area (Å²) in [5.74, 6) is 4.64. The number of aryl methyl sites for hydroxylation is 1. The van der Waals surface area contributed by atoms with Crippen molar-refractivity contribution in [3.8, 4) is 5.75 Å². The summed E-state index contributed by atoms with van der Waals surface area (Å²) < 4.78 is 8.53. The molecule has 0 unspecified atom stereocenters. The van der Waals surface area contributed by atoms with Crippen molar-refractivity contribution in [2.45, 2.75) is 57.9 Å². The molecule has 8 rings (SSSR count). The maximum Gasteiger partial charge on any atom is 0.226 e. The monoisotopic (exact) mass is 507 g/mol. The number of para-hydroxylation sites is 2. The Balaban J connectivity index is 0.999. The zero-order valence-electron chi connectivity index (χ0n) is 22.1. The quantitative estimate of drug-likeness (QED) is 0.262. The van der Waals surface area contributed by atoms with Crippen LogP contribution in [0.2, 0.25) is 0 Å². The number of amides is 1. The number of hydrogen-bond acceptors (Lipinski definition) is 3. The molecule has 5 nitrogen and oxygen atoms in total. The summed E-state index contributed by atoms with van der Waals surface area (Å²) in [4.78, 5) is 18.4. The Morgan fingerprint density at radius 2 is 1.63 bits per heavy atom. The molecule has 4 saturated carbocycles. The lowest BCUT2D eigenvalue weighted by Gasteiger charge is -2.55. The van der Waals surface area contributed by atoms with E-state index < -0.39 is 0 Å². The van der Waals surface area contributed by atoms with Crippen LogP contribution in [-0.2, 0) is 17.8 Å². The number of hydrogen-bond donors (Lipinski definition) is 1. The highest BCUT2D eigenvalue weighted by molar-refractivity contribution is 5.88. The molecule has 1 N–H and O–H groups in total. The van der Waals surface area contributed by atoms with Gasteiger partial charge in [-0.1, -0.05) is 48.5 Å². The second-order valence-electron chi connectivity index (χ2n) is 12.1. The van der Waals surface area contributed by atoms with Gasteiger partial charge in [0.1, 0.15) is 11.6 Å². The number of carbonyl (C=O) groups excluding carboxylic acids is 1. The molecule has 0 spiro atoms. The lowest BCUT2D eigenvalue weighted by atomic mass is 9.49. The van der Waals surface area contributed by atoms with Gasteiger partial charge in [0, 0.05) is 30.3 Å². The number of rotatable bonds is 9. The van der Waals surface area contributed by atoms with Crippen molar-refractivity contribution < 1.29 is 9.53 Å². The van der Waals surface area contributed by atoms with Crippen molar-refractivity contribution in [2.75, 3.05) is 13.2 Å². The number of aromatic nitrogens is 2. The molecule has 0 radical (unpaired) electrons. The molecule has 1 aromatic heterocycles. The normalized spacial score (nSPS) is 25.7. The molecular weight excluding hydrogens is 470 g/mol. The smallest absolute Gasteiger partial charge is 0.226 e. The molecule has 4 aliphatic rings. The van der Waals surface area contributed by atoms with Crippen LogP contribution in [-0.4, -0.2) is 28.6 Å². The first-order valence-corrected chi connectivity index (χ1v) is 14.5. The van der Waals surface area contributed by atoms with E-state index in [2.05, 4.69) is 64.5 Å². The van der Waals surface area contributed by atoms with E-state index in [1.54, 1.807) is 0 Å². The van der Waals surface area contributed by atoms with Crippen molar-refractivity contribution in [3.05, 3.63) is 72.6 Å². The molecule has 0 atom stereocenters. The third-order valence-electron chi connectivity index (χ3n) is 9.42. The predicted octanol–water partition coefficient (Wildman–Crippen LogP) is 6.53. The van der Waals surface area contributed by atoms with Crippen LogP contribution >= 0.6 is 0 Å². The van der Waals surface area contributed by atoms with Gasteiger partial charge in [-0.3, -0.25) is 4.79 Å². The van der Waals surface area contributed by atoms with Crippen molar-refractivity contribution in [3.63, 3.8) is 0 Å². The van der Waals surface area contributed by atoms with Crippen molar-refractivity contribution >= 4 is 27.7 Å². The highest BCUT2D eigenvalue weighted by Gasteiger charge is 2.54. The van der Waals surface area contributed by atoms with Crippen LogP contribution in [0, 0.1) is 23.2 Å². The van der Waals surface area contributed by atoms with Crippen LogP contribution in [0.15, 0.2) is 66.7 Å². The van der Waals surface area contributed by atoms with Gasteiger partial charge in [-0.25, -0.2) is 4.98 Å². The van der Waals surface area contributed by atoms with Crippen molar-refractivity contribution in [1.82, 2.24) is 14.9 Å². The SMILES string of the molecule is O=C(NCCc1nc2ccccc2n1CCCOc1cccc2ccccc12)C12CC3CC(CC(C3)C1)C2. The predicted molar refractivity (Wildman–Crippen MR) is 151 cm³/mol. The second kappa shape index (κ2) is 9.76. The molecule has 0 aliphatic heterocycles. The van der Waals surface area contributed by atoms with Gasteiger partial charge in [-0.15, -0.1) is 0 Å². The third-order valence-corrected chi connectivity index (χ3v) is 9.42. The Morgan fingerprint density at radius 3 is 2.45 bits per heavy atom. The third kappa shape index (κ3) is 4.36. The van der Waals surface area contributed by atoms with Gasteiger partial charge in [0.25, 0.3) is 0 Å². The van der Waals surface area contributed by atoms with Crippen molar-refractivity contribution in [2.24, 2.45) is 23.2 Å². The first-order valence-electron chi connectivity index (χ1n) is 14.5. The Morgan fingerprint density at radius 1 is 0.921 bits per heavy atom. The molecule has 4 aliphatic carbocycles. The summed E-state index contributed by atoms with van der Waals surface area (Å²) in [7, 11) is 0. The minimum Gasteiger partial charge on any atom is -0.493 e. The zero-order chi connectivity index (χ0) is 25.5. The minimum absolute atomic E-state index is 0.0894. The fraction of sp³-hybridized carbons (Fsp3) is 0.455. The number of imidazole rings is 1. The van der Waals surface area contributed by atoms with Gasteiger partial charge in [0.15, 0.2) is 0 Å². The summed E-state index contributed by atoms with van der Waals surface area (Å²) in [5, 5.41) is 5.70. The summed E-state index contributed by atoms with van der Waals surface area (Å²) in [6, 6.07) is 22.9. The number of benzene rings is 3. The lowest BCUT2D eigenvalue weighted by molar-refractivity contribution is -0.146. The Kier molecular flexibility index (Phi) is 6.10. The topological polar surface area (TPSA) is 56.2 Å². The van der Waals surface area contributed by atoms with Crippen LogP contribution in [0.5, 0.6) is 5.75 Å². The summed E-state index contributed by atoms with van der Waals surface area (Å²) in [6.07, 6.45) is 9.05. The van der Waals surface area contributed by atoms with Crippen LogP contribution in [0.4, 0.5) is 0 Å². The van der Waals surface area contributed by atoms with E-state index in [0.717, 1.165) is 84.4 Å². The van der Waals surface area contributed by atoms with E-state index in [4.69, 9.17) is 9.72 Å². The molecular formula is C33H37N3O2. The Hall–Kier alpha value is -3.34. The van der Waals surface area contributed by atoms with E-state index in [1.165, 1.54) is 24.6 Å². The van der Waals surface area contributed by atoms with E-state index in [-0.39, 0.29) is 5.41 Å². The molecule has 5 heteroatoms. The maximum absolute atomic E-state index is 13.4. The molecule has 4 aromatic rings. The standard InChI is InChI=1S/C33H37N3O2/c37-32(33-20-23-17-24(21-33)19-25(18-23)22-33)34-14-13-31-35-28-10-3-4-11-29(28)36(31)15-6-16-38-30-12-5-8-26-7-1-2-9-27(26)30/h1-5,7-12,23-25H,6,13-22H2,(H,34,37). The molecule has 3 aromatic carbocycles.